The highest BCUT2D eigenvalue weighted by atomic mass is 19.4. The zero-order valence-corrected chi connectivity index (χ0v) is 21.8. The molecule has 2 atom stereocenters. The Labute approximate surface area is 215 Å². The van der Waals surface area contributed by atoms with E-state index in [0.717, 1.165) is 18.2 Å². The molecule has 3 heterocycles. The molecule has 0 bridgehead atoms. The Hall–Kier alpha value is -2.88. The summed E-state index contributed by atoms with van der Waals surface area (Å²) in [7, 11) is 0. The second kappa shape index (κ2) is 10.5. The first-order valence-electron chi connectivity index (χ1n) is 12.7. The maximum absolute atomic E-state index is 13.5. The molecule has 0 saturated carbocycles. The van der Waals surface area contributed by atoms with Gasteiger partial charge in [0.05, 0.1) is 23.7 Å². The minimum atomic E-state index is -4.48. The Balaban J connectivity index is 1.34. The molecule has 4 rings (SSSR count). The number of hydrogen-bond acceptors (Lipinski definition) is 6. The number of alkyl carbamates (subject to hydrolysis) is 1. The number of Topliss-reactive ketones (excluding diaryl/α,β-unsaturated/α-hetero) is 1. The molecule has 1 aromatic heterocycles. The Morgan fingerprint density at radius 1 is 1.11 bits per heavy atom. The Kier molecular flexibility index (Phi) is 7.69. The predicted octanol–water partition coefficient (Wildman–Crippen LogP) is 4.88. The lowest BCUT2D eigenvalue weighted by atomic mass is 9.86. The van der Waals surface area contributed by atoms with Gasteiger partial charge in [-0.3, -0.25) is 14.7 Å². The summed E-state index contributed by atoms with van der Waals surface area (Å²) in [5.74, 6) is 0.544. The lowest BCUT2D eigenvalue weighted by Crippen LogP contribution is -2.60. The normalized spacial score (nSPS) is 21.5. The minimum absolute atomic E-state index is 0.0330. The SMILES string of the molecule is C[C@H]1C[C@@H](CC(=O)CN2CC(NC(=O)OC(C)(C)C)C2)CN(c2ccc(C(F)(F)F)c3ncccc23)C1. The number of amides is 1. The maximum Gasteiger partial charge on any atom is 0.418 e. The number of piperidine rings is 1. The van der Waals surface area contributed by atoms with Gasteiger partial charge in [0.15, 0.2) is 0 Å². The molecule has 0 aliphatic carbocycles. The van der Waals surface area contributed by atoms with Crippen molar-refractivity contribution in [1.29, 1.82) is 0 Å². The van der Waals surface area contributed by atoms with Crippen molar-refractivity contribution in [3.8, 4) is 0 Å². The van der Waals surface area contributed by atoms with Gasteiger partial charge in [-0.1, -0.05) is 6.92 Å². The van der Waals surface area contributed by atoms with Gasteiger partial charge in [0.1, 0.15) is 11.4 Å². The summed E-state index contributed by atoms with van der Waals surface area (Å²) < 4.78 is 45.8. The van der Waals surface area contributed by atoms with E-state index in [4.69, 9.17) is 4.74 Å². The molecule has 2 fully saturated rings. The van der Waals surface area contributed by atoms with E-state index in [-0.39, 0.29) is 23.3 Å². The molecule has 1 N–H and O–H groups in total. The van der Waals surface area contributed by atoms with Crippen LogP contribution in [0, 0.1) is 11.8 Å². The van der Waals surface area contributed by atoms with Crippen LogP contribution < -0.4 is 10.2 Å². The molecule has 202 valence electrons. The van der Waals surface area contributed by atoms with Crippen LogP contribution in [0.4, 0.5) is 23.7 Å². The molecular formula is C27H35F3N4O3. The summed E-state index contributed by atoms with van der Waals surface area (Å²) in [6.45, 7) is 10.4. The fourth-order valence-electron chi connectivity index (χ4n) is 5.39. The monoisotopic (exact) mass is 520 g/mol. The summed E-state index contributed by atoms with van der Waals surface area (Å²) in [6, 6.07) is 5.93. The number of fused-ring (bicyclic) bond motifs is 1. The van der Waals surface area contributed by atoms with E-state index in [9.17, 15) is 22.8 Å². The van der Waals surface area contributed by atoms with Crippen molar-refractivity contribution in [2.45, 2.75) is 58.4 Å². The third-order valence-corrected chi connectivity index (χ3v) is 6.73. The van der Waals surface area contributed by atoms with Gasteiger partial charge in [-0.05, 0) is 63.3 Å². The number of anilines is 1. The Morgan fingerprint density at radius 2 is 1.84 bits per heavy atom. The number of carbonyl (C=O) groups excluding carboxylic acids is 2. The van der Waals surface area contributed by atoms with Crippen LogP contribution in [0.3, 0.4) is 0 Å². The summed E-state index contributed by atoms with van der Waals surface area (Å²) in [5, 5.41) is 3.29. The number of benzene rings is 1. The van der Waals surface area contributed by atoms with Crippen molar-refractivity contribution in [2.75, 3.05) is 37.6 Å². The highest BCUT2D eigenvalue weighted by Crippen LogP contribution is 2.39. The number of rotatable bonds is 6. The Morgan fingerprint density at radius 3 is 2.51 bits per heavy atom. The summed E-state index contributed by atoms with van der Waals surface area (Å²) in [6.07, 6.45) is -2.25. The highest BCUT2D eigenvalue weighted by Gasteiger charge is 2.35. The second-order valence-corrected chi connectivity index (χ2v) is 11.4. The largest absolute Gasteiger partial charge is 0.444 e. The van der Waals surface area contributed by atoms with Gasteiger partial charge in [0.25, 0.3) is 0 Å². The second-order valence-electron chi connectivity index (χ2n) is 11.4. The van der Waals surface area contributed by atoms with Gasteiger partial charge in [-0.15, -0.1) is 0 Å². The van der Waals surface area contributed by atoms with Gasteiger partial charge >= 0.3 is 12.3 Å². The van der Waals surface area contributed by atoms with Crippen molar-refractivity contribution >= 4 is 28.5 Å². The number of hydrogen-bond donors (Lipinski definition) is 1. The van der Waals surface area contributed by atoms with Crippen LogP contribution in [0.25, 0.3) is 10.9 Å². The molecule has 0 radical (unpaired) electrons. The van der Waals surface area contributed by atoms with Crippen LogP contribution in [0.5, 0.6) is 0 Å². The molecule has 2 aliphatic rings. The first kappa shape index (κ1) is 27.2. The van der Waals surface area contributed by atoms with Crippen LogP contribution in [-0.4, -0.2) is 66.1 Å². The number of nitrogens with one attached hydrogen (secondary N) is 1. The zero-order chi connectivity index (χ0) is 27.0. The van der Waals surface area contributed by atoms with Gasteiger partial charge in [-0.2, -0.15) is 13.2 Å². The number of nitrogens with zero attached hydrogens (tertiary/aromatic N) is 3. The van der Waals surface area contributed by atoms with Crippen molar-refractivity contribution in [3.63, 3.8) is 0 Å². The fraction of sp³-hybridized carbons (Fsp3) is 0.593. The van der Waals surface area contributed by atoms with Crippen molar-refractivity contribution in [2.24, 2.45) is 11.8 Å². The topological polar surface area (TPSA) is 74.8 Å². The van der Waals surface area contributed by atoms with E-state index in [1.165, 1.54) is 12.3 Å². The lowest BCUT2D eigenvalue weighted by molar-refractivity contribution is -0.136. The average molecular weight is 521 g/mol. The predicted molar refractivity (Wildman–Crippen MR) is 135 cm³/mol. The van der Waals surface area contributed by atoms with Gasteiger partial charge < -0.3 is 15.0 Å². The van der Waals surface area contributed by atoms with Crippen LogP contribution >= 0.6 is 0 Å². The highest BCUT2D eigenvalue weighted by molar-refractivity contribution is 5.94. The van der Waals surface area contributed by atoms with E-state index >= 15 is 0 Å². The van der Waals surface area contributed by atoms with E-state index in [1.807, 2.05) is 25.7 Å². The zero-order valence-electron chi connectivity index (χ0n) is 21.8. The molecule has 2 aromatic rings. The number of likely N-dealkylation sites (tertiary alicyclic amines) is 1. The third-order valence-electron chi connectivity index (χ3n) is 6.73. The van der Waals surface area contributed by atoms with E-state index < -0.39 is 23.4 Å². The number of pyridine rings is 1. The molecule has 1 amide bonds. The van der Waals surface area contributed by atoms with Gasteiger partial charge in [-0.25, -0.2) is 4.79 Å². The minimum Gasteiger partial charge on any atom is -0.444 e. The van der Waals surface area contributed by atoms with Crippen molar-refractivity contribution < 1.29 is 27.5 Å². The molecule has 2 saturated heterocycles. The quantitative estimate of drug-likeness (QED) is 0.585. The number of ether oxygens (including phenoxy) is 1. The van der Waals surface area contributed by atoms with E-state index in [1.54, 1.807) is 12.1 Å². The molecule has 2 aliphatic heterocycles. The number of alkyl halides is 3. The lowest BCUT2D eigenvalue weighted by Gasteiger charge is -2.40. The summed E-state index contributed by atoms with van der Waals surface area (Å²) in [4.78, 5) is 32.9. The third kappa shape index (κ3) is 6.91. The summed E-state index contributed by atoms with van der Waals surface area (Å²) in [5.41, 5.74) is -0.625. The number of ketones is 1. The van der Waals surface area contributed by atoms with Gasteiger partial charge in [0.2, 0.25) is 0 Å². The molecule has 0 unspecified atom stereocenters. The number of carbonyl (C=O) groups is 2. The average Bonchev–Trinajstić information content (AvgIpc) is 2.74. The molecule has 7 nitrogen and oxygen atoms in total. The maximum atomic E-state index is 13.5. The van der Waals surface area contributed by atoms with E-state index in [0.29, 0.717) is 50.4 Å². The standard InChI is InChI=1S/C27H35F3N4O3/c1-17-10-18(11-20(35)16-33-14-19(15-33)32-25(36)37-26(2,3)4)13-34(12-17)23-8-7-22(27(28,29)30)24-21(23)6-5-9-31-24/h5-9,17-19H,10-16H2,1-4H3,(H,32,36)/t17-,18-/m0/s1. The summed E-state index contributed by atoms with van der Waals surface area (Å²) >= 11 is 0. The van der Waals surface area contributed by atoms with E-state index in [2.05, 4.69) is 22.1 Å². The first-order chi connectivity index (χ1) is 17.3. The molecule has 37 heavy (non-hydrogen) atoms. The molecule has 0 spiro atoms. The molecular weight excluding hydrogens is 485 g/mol. The van der Waals surface area contributed by atoms with Crippen molar-refractivity contribution in [3.05, 3.63) is 36.0 Å². The Bertz CT molecular complexity index is 1140. The van der Waals surface area contributed by atoms with Crippen molar-refractivity contribution in [1.82, 2.24) is 15.2 Å². The molecule has 10 heteroatoms. The van der Waals surface area contributed by atoms with Crippen LogP contribution in [-0.2, 0) is 15.7 Å². The first-order valence-corrected chi connectivity index (χ1v) is 12.7. The van der Waals surface area contributed by atoms with Crippen LogP contribution in [0.15, 0.2) is 30.5 Å². The van der Waals surface area contributed by atoms with Crippen LogP contribution in [0.1, 0.15) is 46.1 Å². The van der Waals surface area contributed by atoms with Gasteiger partial charge in [0, 0.05) is 49.9 Å². The fourth-order valence-corrected chi connectivity index (χ4v) is 5.39. The van der Waals surface area contributed by atoms with Crippen LogP contribution in [0.2, 0.25) is 0 Å². The molecule has 1 aromatic carbocycles. The smallest absolute Gasteiger partial charge is 0.418 e. The number of halogens is 3. The number of aromatic nitrogens is 1.